The molecule has 0 fully saturated rings. The Bertz CT molecular complexity index is 1240. The van der Waals surface area contributed by atoms with Crippen molar-refractivity contribution < 1.29 is 9.47 Å². The van der Waals surface area contributed by atoms with Crippen molar-refractivity contribution in [2.24, 2.45) is 0 Å². The Labute approximate surface area is 183 Å². The zero-order valence-electron chi connectivity index (χ0n) is 17.2. The van der Waals surface area contributed by atoms with Crippen molar-refractivity contribution in [3.63, 3.8) is 0 Å². The summed E-state index contributed by atoms with van der Waals surface area (Å²) in [5.41, 5.74) is 3.65. The van der Waals surface area contributed by atoms with Crippen LogP contribution in [-0.2, 0) is 12.3 Å². The third-order valence-electron chi connectivity index (χ3n) is 4.91. The van der Waals surface area contributed by atoms with Crippen molar-refractivity contribution in [3.8, 4) is 22.8 Å². The lowest BCUT2D eigenvalue weighted by molar-refractivity contribution is 0.171. The van der Waals surface area contributed by atoms with Crippen LogP contribution in [0.3, 0.4) is 0 Å². The van der Waals surface area contributed by atoms with E-state index in [0.717, 1.165) is 45.6 Å². The summed E-state index contributed by atoms with van der Waals surface area (Å²) in [7, 11) is 0. The molecule has 1 N–H and O–H groups in total. The molecular weight excluding hydrogens is 414 g/mol. The maximum Gasteiger partial charge on any atom is 0.252 e. The monoisotopic (exact) mass is 435 g/mol. The molecule has 0 bridgehead atoms. The first-order valence-corrected chi connectivity index (χ1v) is 11.3. The van der Waals surface area contributed by atoms with E-state index >= 15 is 0 Å². The number of hydrogen-bond acceptors (Lipinski definition) is 9. The second-order valence-electron chi connectivity index (χ2n) is 7.03. The molecule has 0 saturated carbocycles. The van der Waals surface area contributed by atoms with E-state index in [-0.39, 0.29) is 0 Å². The van der Waals surface area contributed by atoms with Crippen LogP contribution in [0.2, 0.25) is 0 Å². The van der Waals surface area contributed by atoms with Crippen LogP contribution in [0, 0.1) is 6.92 Å². The van der Waals surface area contributed by atoms with Gasteiger partial charge in [0.05, 0.1) is 17.1 Å². The maximum atomic E-state index is 5.65. The topological polar surface area (TPSA) is 99.4 Å². The first-order valence-electron chi connectivity index (χ1n) is 9.87. The van der Waals surface area contributed by atoms with Gasteiger partial charge in [0.2, 0.25) is 5.95 Å². The van der Waals surface area contributed by atoms with E-state index in [9.17, 15) is 0 Å². The third kappa shape index (κ3) is 3.98. The van der Waals surface area contributed by atoms with Gasteiger partial charge in [-0.1, -0.05) is 6.07 Å². The van der Waals surface area contributed by atoms with Crippen LogP contribution in [0.1, 0.15) is 17.1 Å². The third-order valence-corrected chi connectivity index (χ3v) is 5.46. The van der Waals surface area contributed by atoms with Gasteiger partial charge in [-0.25, -0.2) is 19.5 Å². The molecule has 0 unspecified atom stereocenters. The Morgan fingerprint density at radius 1 is 1.10 bits per heavy atom. The molecule has 1 aliphatic heterocycles. The summed E-state index contributed by atoms with van der Waals surface area (Å²) in [6.45, 7) is 3.71. The molecule has 1 aromatic carbocycles. The molecule has 158 valence electrons. The first kappa shape index (κ1) is 19.6. The van der Waals surface area contributed by atoms with Crippen LogP contribution < -0.4 is 14.8 Å². The van der Waals surface area contributed by atoms with Crippen LogP contribution in [0.5, 0.6) is 11.5 Å². The Balaban J connectivity index is 1.37. The fourth-order valence-electron chi connectivity index (χ4n) is 3.40. The van der Waals surface area contributed by atoms with E-state index in [1.807, 2.05) is 37.4 Å². The van der Waals surface area contributed by atoms with Gasteiger partial charge < -0.3 is 14.8 Å². The Morgan fingerprint density at radius 2 is 1.97 bits per heavy atom. The smallest absolute Gasteiger partial charge is 0.252 e. The van der Waals surface area contributed by atoms with Crippen molar-refractivity contribution >= 4 is 23.5 Å². The van der Waals surface area contributed by atoms with Crippen LogP contribution in [0.25, 0.3) is 17.0 Å². The Morgan fingerprint density at radius 3 is 2.84 bits per heavy atom. The summed E-state index contributed by atoms with van der Waals surface area (Å²) in [5.74, 6) is 4.19. The first-order chi connectivity index (χ1) is 15.2. The summed E-state index contributed by atoms with van der Waals surface area (Å²) in [4.78, 5) is 17.9. The average Bonchev–Trinajstić information content (AvgIpc) is 3.22. The van der Waals surface area contributed by atoms with Gasteiger partial charge in [-0.3, -0.25) is 0 Å². The van der Waals surface area contributed by atoms with Gasteiger partial charge in [0.15, 0.2) is 17.3 Å². The van der Waals surface area contributed by atoms with Crippen molar-refractivity contribution in [1.29, 1.82) is 0 Å². The summed E-state index contributed by atoms with van der Waals surface area (Å²) in [5, 5.41) is 7.84. The maximum absolute atomic E-state index is 5.65. The molecule has 0 aliphatic carbocycles. The number of anilines is 1. The summed E-state index contributed by atoms with van der Waals surface area (Å²) < 4.78 is 13.0. The van der Waals surface area contributed by atoms with E-state index in [0.29, 0.717) is 31.5 Å². The van der Waals surface area contributed by atoms with Crippen LogP contribution in [0.15, 0.2) is 36.7 Å². The second-order valence-corrected chi connectivity index (χ2v) is 7.89. The Kier molecular flexibility index (Phi) is 5.29. The van der Waals surface area contributed by atoms with Crippen molar-refractivity contribution in [3.05, 3.63) is 53.7 Å². The van der Waals surface area contributed by atoms with Gasteiger partial charge in [-0.2, -0.15) is 16.7 Å². The highest BCUT2D eigenvalue weighted by atomic mass is 32.2. The summed E-state index contributed by atoms with van der Waals surface area (Å²) in [6.07, 6.45) is 5.55. The molecular formula is C21H21N7O2S. The normalized spacial score (nSPS) is 12.8. The lowest BCUT2D eigenvalue weighted by Gasteiger charge is -2.19. The van der Waals surface area contributed by atoms with Crippen LogP contribution >= 0.6 is 11.8 Å². The van der Waals surface area contributed by atoms with E-state index in [2.05, 4.69) is 30.4 Å². The average molecular weight is 436 g/mol. The number of thioether (sulfide) groups is 1. The number of fused-ring (bicyclic) bond motifs is 2. The molecule has 10 heteroatoms. The van der Waals surface area contributed by atoms with Crippen LogP contribution in [0.4, 0.5) is 5.95 Å². The summed E-state index contributed by atoms with van der Waals surface area (Å²) >= 11 is 1.68. The molecule has 4 aromatic rings. The number of benzene rings is 1. The van der Waals surface area contributed by atoms with Gasteiger partial charge in [0.1, 0.15) is 13.2 Å². The van der Waals surface area contributed by atoms with E-state index < -0.39 is 0 Å². The minimum Gasteiger partial charge on any atom is -0.486 e. The fourth-order valence-corrected chi connectivity index (χ4v) is 3.78. The molecule has 1 aliphatic rings. The SMILES string of the molecule is CSCc1nc2ncc(-c3ccnc(NCc4ccc5c(c4)OCCO5)n3)c(C)n2n1. The molecule has 0 saturated heterocycles. The molecule has 4 heterocycles. The molecule has 31 heavy (non-hydrogen) atoms. The largest absolute Gasteiger partial charge is 0.486 e. The van der Waals surface area contributed by atoms with Gasteiger partial charge in [-0.05, 0) is 36.9 Å². The molecule has 9 nitrogen and oxygen atoms in total. The molecule has 3 aromatic heterocycles. The number of rotatable bonds is 6. The van der Waals surface area contributed by atoms with E-state index in [1.54, 1.807) is 28.7 Å². The van der Waals surface area contributed by atoms with Crippen molar-refractivity contribution in [2.45, 2.75) is 19.2 Å². The quantitative estimate of drug-likeness (QED) is 0.489. The molecule has 0 spiro atoms. The number of hydrogen-bond donors (Lipinski definition) is 1. The Hall–Kier alpha value is -3.40. The lowest BCUT2D eigenvalue weighted by Crippen LogP contribution is -2.15. The zero-order chi connectivity index (χ0) is 21.2. The van der Waals surface area contributed by atoms with E-state index in [1.165, 1.54) is 0 Å². The minimum atomic E-state index is 0.536. The van der Waals surface area contributed by atoms with Gasteiger partial charge >= 0.3 is 0 Å². The predicted molar refractivity (Wildman–Crippen MR) is 119 cm³/mol. The van der Waals surface area contributed by atoms with E-state index in [4.69, 9.17) is 9.47 Å². The number of aromatic nitrogens is 6. The van der Waals surface area contributed by atoms with Gasteiger partial charge in [0.25, 0.3) is 5.78 Å². The molecule has 5 rings (SSSR count). The molecule has 0 radical (unpaired) electrons. The highest BCUT2D eigenvalue weighted by molar-refractivity contribution is 7.97. The zero-order valence-corrected chi connectivity index (χ0v) is 18.0. The highest BCUT2D eigenvalue weighted by Gasteiger charge is 2.14. The van der Waals surface area contributed by atoms with Crippen molar-refractivity contribution in [1.82, 2.24) is 29.5 Å². The summed E-state index contributed by atoms with van der Waals surface area (Å²) in [6, 6.07) is 7.77. The highest BCUT2D eigenvalue weighted by Crippen LogP contribution is 2.31. The number of aryl methyl sites for hydroxylation is 1. The minimum absolute atomic E-state index is 0.536. The molecule has 0 atom stereocenters. The predicted octanol–water partition coefficient (Wildman–Crippen LogP) is 3.14. The number of nitrogens with zero attached hydrogens (tertiary/aromatic N) is 6. The van der Waals surface area contributed by atoms with Gasteiger partial charge in [0, 0.05) is 24.5 Å². The van der Waals surface area contributed by atoms with Crippen molar-refractivity contribution in [2.75, 3.05) is 24.8 Å². The number of nitrogens with one attached hydrogen (secondary N) is 1. The van der Waals surface area contributed by atoms with Gasteiger partial charge in [-0.15, -0.1) is 5.10 Å². The molecule has 0 amide bonds. The lowest BCUT2D eigenvalue weighted by atomic mass is 10.2. The van der Waals surface area contributed by atoms with Crippen LogP contribution in [-0.4, -0.2) is 49.0 Å². The standard InChI is InChI=1S/C21H21N7O2S/c1-13-15(11-24-21-26-19(12-31-2)27-28(13)21)16-5-6-22-20(25-16)23-10-14-3-4-17-18(9-14)30-8-7-29-17/h3-6,9,11H,7-8,10,12H2,1-2H3,(H,22,23,25). The number of ether oxygens (including phenoxy) is 2. The fraction of sp³-hybridized carbons (Fsp3) is 0.286. The second kappa shape index (κ2) is 8.38.